The van der Waals surface area contributed by atoms with Crippen molar-refractivity contribution >= 4 is 35.1 Å². The van der Waals surface area contributed by atoms with Crippen LogP contribution in [0.4, 0.5) is 5.69 Å². The van der Waals surface area contributed by atoms with Crippen molar-refractivity contribution in [2.24, 2.45) is 5.41 Å². The summed E-state index contributed by atoms with van der Waals surface area (Å²) >= 11 is 0. The summed E-state index contributed by atoms with van der Waals surface area (Å²) < 4.78 is 11.6. The average Bonchev–Trinajstić information content (AvgIpc) is 3.35. The zero-order chi connectivity index (χ0) is 27.5. The van der Waals surface area contributed by atoms with E-state index in [9.17, 15) is 19.2 Å². The minimum absolute atomic E-state index is 0.219. The molecule has 0 aromatic heterocycles. The summed E-state index contributed by atoms with van der Waals surface area (Å²) in [7, 11) is 0. The van der Waals surface area contributed by atoms with E-state index in [1.165, 1.54) is 13.8 Å². The standard InChI is InChI=1S/C32H27NO6/c1-4-38-24-14-8-7-13-23(24)27-28(18(2)34)33-26(17-16-20-10-9-15-25(29(20)33)39-19(3)35)32(27)30(36)21-11-5-6-12-22(21)31(32)37/h5-17,26-28H,4H2,1-3H3/t26-,27+,28+/m1/s1. The number of hydrogen-bond donors (Lipinski definition) is 0. The fourth-order valence-corrected chi connectivity index (χ4v) is 6.74. The Labute approximate surface area is 226 Å². The van der Waals surface area contributed by atoms with Gasteiger partial charge in [-0.3, -0.25) is 19.2 Å². The number of anilines is 1. The van der Waals surface area contributed by atoms with Gasteiger partial charge in [-0.2, -0.15) is 0 Å². The van der Waals surface area contributed by atoms with Crippen LogP contribution in [0.1, 0.15) is 58.5 Å². The van der Waals surface area contributed by atoms with Crippen LogP contribution in [0.15, 0.2) is 72.8 Å². The Balaban J connectivity index is 1.70. The van der Waals surface area contributed by atoms with E-state index in [2.05, 4.69) is 0 Å². The molecule has 0 amide bonds. The molecule has 2 aliphatic heterocycles. The Bertz CT molecular complexity index is 1550. The van der Waals surface area contributed by atoms with E-state index < -0.39 is 29.4 Å². The molecule has 3 atom stereocenters. The third-order valence-electron chi connectivity index (χ3n) is 8.01. The second-order valence-corrected chi connectivity index (χ2v) is 10.1. The van der Waals surface area contributed by atoms with Gasteiger partial charge in [0.15, 0.2) is 23.1 Å². The van der Waals surface area contributed by atoms with Crippen molar-refractivity contribution in [1.82, 2.24) is 0 Å². The summed E-state index contributed by atoms with van der Waals surface area (Å²) in [6.07, 6.45) is 3.67. The van der Waals surface area contributed by atoms with Gasteiger partial charge in [0, 0.05) is 35.1 Å². The lowest BCUT2D eigenvalue weighted by atomic mass is 9.64. The maximum atomic E-state index is 14.6. The van der Waals surface area contributed by atoms with Crippen LogP contribution in [0.25, 0.3) is 6.08 Å². The number of ketones is 3. The number of Topliss-reactive ketones (excluding diaryl/α,β-unsaturated/α-hetero) is 3. The number of benzene rings is 3. The first-order chi connectivity index (χ1) is 18.8. The fraction of sp³-hybridized carbons (Fsp3) is 0.250. The van der Waals surface area contributed by atoms with Crippen LogP contribution in [0, 0.1) is 5.41 Å². The first-order valence-corrected chi connectivity index (χ1v) is 13.0. The van der Waals surface area contributed by atoms with Gasteiger partial charge in [0.05, 0.1) is 24.4 Å². The predicted octanol–water partition coefficient (Wildman–Crippen LogP) is 5.03. The number of nitrogens with zero attached hydrogens (tertiary/aromatic N) is 1. The van der Waals surface area contributed by atoms with Crippen molar-refractivity contribution in [1.29, 1.82) is 0 Å². The van der Waals surface area contributed by atoms with Crippen molar-refractivity contribution in [3.63, 3.8) is 0 Å². The number of carbonyl (C=O) groups is 4. The number of fused-ring (bicyclic) bond motifs is 5. The summed E-state index contributed by atoms with van der Waals surface area (Å²) in [4.78, 5) is 56.7. The van der Waals surface area contributed by atoms with Gasteiger partial charge in [-0.05, 0) is 26.0 Å². The lowest BCUT2D eigenvalue weighted by Crippen LogP contribution is -2.48. The summed E-state index contributed by atoms with van der Waals surface area (Å²) in [6, 6.07) is 17.7. The van der Waals surface area contributed by atoms with Crippen molar-refractivity contribution < 1.29 is 28.7 Å². The molecule has 0 saturated carbocycles. The zero-order valence-electron chi connectivity index (χ0n) is 21.8. The van der Waals surface area contributed by atoms with Crippen LogP contribution in [-0.2, 0) is 9.59 Å². The molecule has 1 spiro atoms. The SMILES string of the molecule is CCOc1ccccc1[C@H]1[C@H](C(C)=O)N2c3c(cccc3OC(C)=O)C=C[C@@H]2C12C(=O)c1ccccc1C2=O. The van der Waals surface area contributed by atoms with Crippen LogP contribution in [-0.4, -0.2) is 42.0 Å². The normalized spacial score (nSPS) is 21.9. The molecule has 1 saturated heterocycles. The monoisotopic (exact) mass is 521 g/mol. The summed E-state index contributed by atoms with van der Waals surface area (Å²) in [5.41, 5.74) is 0.901. The van der Waals surface area contributed by atoms with E-state index in [0.717, 1.165) is 5.56 Å². The van der Waals surface area contributed by atoms with E-state index in [0.29, 0.717) is 34.7 Å². The number of hydrogen-bond acceptors (Lipinski definition) is 7. The van der Waals surface area contributed by atoms with E-state index in [1.54, 1.807) is 42.5 Å². The summed E-state index contributed by atoms with van der Waals surface area (Å²) in [6.45, 7) is 5.01. The Morgan fingerprint density at radius 2 is 1.51 bits per heavy atom. The molecule has 1 fully saturated rings. The maximum absolute atomic E-state index is 14.6. The van der Waals surface area contributed by atoms with Gasteiger partial charge < -0.3 is 14.4 Å². The molecule has 2 heterocycles. The quantitative estimate of drug-likeness (QED) is 0.264. The van der Waals surface area contributed by atoms with Crippen molar-refractivity contribution in [3.05, 3.63) is 95.1 Å². The maximum Gasteiger partial charge on any atom is 0.308 e. The molecule has 7 heteroatoms. The Hall–Kier alpha value is -4.52. The third-order valence-corrected chi connectivity index (χ3v) is 8.01. The van der Waals surface area contributed by atoms with Gasteiger partial charge in [0.2, 0.25) is 0 Å². The number of rotatable bonds is 5. The molecule has 0 unspecified atom stereocenters. The zero-order valence-corrected chi connectivity index (χ0v) is 21.8. The molecule has 1 aliphatic carbocycles. The van der Waals surface area contributed by atoms with Crippen LogP contribution in [0.3, 0.4) is 0 Å². The Morgan fingerprint density at radius 3 is 2.15 bits per heavy atom. The van der Waals surface area contributed by atoms with Gasteiger partial charge in [0.1, 0.15) is 11.2 Å². The highest BCUT2D eigenvalue weighted by molar-refractivity contribution is 6.32. The average molecular weight is 522 g/mol. The third kappa shape index (κ3) is 3.35. The topological polar surface area (TPSA) is 90.0 Å². The van der Waals surface area contributed by atoms with E-state index in [-0.39, 0.29) is 23.1 Å². The van der Waals surface area contributed by atoms with Gasteiger partial charge in [-0.25, -0.2) is 0 Å². The second kappa shape index (κ2) is 9.05. The molecule has 0 bridgehead atoms. The highest BCUT2D eigenvalue weighted by atomic mass is 16.5. The van der Waals surface area contributed by atoms with Crippen LogP contribution >= 0.6 is 0 Å². The predicted molar refractivity (Wildman–Crippen MR) is 145 cm³/mol. The number of ether oxygens (including phenoxy) is 2. The lowest BCUT2D eigenvalue weighted by molar-refractivity contribution is -0.131. The number of carbonyl (C=O) groups excluding carboxylic acids is 4. The highest BCUT2D eigenvalue weighted by Gasteiger charge is 2.71. The van der Waals surface area contributed by atoms with Crippen LogP contribution in [0.5, 0.6) is 11.5 Å². The van der Waals surface area contributed by atoms with Crippen molar-refractivity contribution in [2.45, 2.75) is 38.8 Å². The first-order valence-electron chi connectivity index (χ1n) is 13.0. The van der Waals surface area contributed by atoms with Crippen LogP contribution < -0.4 is 14.4 Å². The van der Waals surface area contributed by atoms with Gasteiger partial charge in [-0.15, -0.1) is 0 Å². The van der Waals surface area contributed by atoms with E-state index >= 15 is 0 Å². The molecule has 3 aromatic rings. The minimum atomic E-state index is -1.63. The molecule has 7 nitrogen and oxygen atoms in total. The van der Waals surface area contributed by atoms with Crippen molar-refractivity contribution in [2.75, 3.05) is 11.5 Å². The van der Waals surface area contributed by atoms with Gasteiger partial charge in [-0.1, -0.05) is 66.7 Å². The summed E-state index contributed by atoms with van der Waals surface area (Å²) in [5.74, 6) is -1.46. The minimum Gasteiger partial charge on any atom is -0.494 e. The smallest absolute Gasteiger partial charge is 0.308 e. The number of esters is 1. The molecule has 3 aromatic carbocycles. The Kier molecular flexibility index (Phi) is 5.75. The number of para-hydroxylation sites is 2. The van der Waals surface area contributed by atoms with Gasteiger partial charge >= 0.3 is 5.97 Å². The molecule has 0 radical (unpaired) electrons. The lowest BCUT2D eigenvalue weighted by Gasteiger charge is -2.37. The largest absolute Gasteiger partial charge is 0.494 e. The van der Waals surface area contributed by atoms with Crippen molar-refractivity contribution in [3.8, 4) is 11.5 Å². The molecular weight excluding hydrogens is 494 g/mol. The Morgan fingerprint density at radius 1 is 0.872 bits per heavy atom. The first kappa shape index (κ1) is 24.8. The molecule has 196 valence electrons. The summed E-state index contributed by atoms with van der Waals surface area (Å²) in [5, 5.41) is 0. The molecule has 6 rings (SSSR count). The molecule has 39 heavy (non-hydrogen) atoms. The highest BCUT2D eigenvalue weighted by Crippen LogP contribution is 2.62. The van der Waals surface area contributed by atoms with Gasteiger partial charge in [0.25, 0.3) is 0 Å². The fourth-order valence-electron chi connectivity index (χ4n) is 6.74. The molecule has 0 N–H and O–H groups in total. The van der Waals surface area contributed by atoms with E-state index in [1.807, 2.05) is 48.2 Å². The molecule has 3 aliphatic rings. The molecular formula is C32H27NO6. The van der Waals surface area contributed by atoms with E-state index in [4.69, 9.17) is 9.47 Å². The second-order valence-electron chi connectivity index (χ2n) is 10.1. The van der Waals surface area contributed by atoms with Crippen LogP contribution in [0.2, 0.25) is 0 Å².